The standard InChI is InChI=1S/C26H30ClN5O6/c1-2-35-26(34)28-15-7-9-32(10-8-15)16-5-3-14(4-6-16)21-17(27)11-18-24(30-21)31-25(29-18)38-20-13-37-22-19(33)12-36-23(20)22/h3-6,11,15,19-20,22-23,33H,2,7-10,12-13H2,1H3,(H,28,34)(H,29,30,31)/t19-,20-,22?,23?/m1/s1. The maximum absolute atomic E-state index is 11.7. The molecule has 4 atom stereocenters. The zero-order valence-electron chi connectivity index (χ0n) is 20.9. The minimum atomic E-state index is -0.640. The van der Waals surface area contributed by atoms with Gasteiger partial charge in [-0.15, -0.1) is 0 Å². The molecule has 5 heterocycles. The van der Waals surface area contributed by atoms with Gasteiger partial charge in [0.15, 0.2) is 11.8 Å². The van der Waals surface area contributed by atoms with Gasteiger partial charge in [-0.3, -0.25) is 0 Å². The van der Waals surface area contributed by atoms with Crippen LogP contribution in [0.25, 0.3) is 22.4 Å². The van der Waals surface area contributed by atoms with Gasteiger partial charge in [0.05, 0.1) is 36.1 Å². The molecular formula is C26H30ClN5O6. The van der Waals surface area contributed by atoms with E-state index in [9.17, 15) is 9.90 Å². The van der Waals surface area contributed by atoms with Crippen molar-refractivity contribution >= 4 is 34.5 Å². The number of aliphatic hydroxyl groups excluding tert-OH is 1. The summed E-state index contributed by atoms with van der Waals surface area (Å²) >= 11 is 6.60. The van der Waals surface area contributed by atoms with Crippen molar-refractivity contribution < 1.29 is 28.8 Å². The van der Waals surface area contributed by atoms with Crippen LogP contribution >= 0.6 is 11.6 Å². The van der Waals surface area contributed by atoms with Crippen LogP contribution in [0.1, 0.15) is 19.8 Å². The smallest absolute Gasteiger partial charge is 0.407 e. The number of carbonyl (C=O) groups excluding carboxylic acids is 1. The van der Waals surface area contributed by atoms with Gasteiger partial charge < -0.3 is 39.3 Å². The van der Waals surface area contributed by atoms with Gasteiger partial charge >= 0.3 is 6.09 Å². The molecule has 6 rings (SSSR count). The first-order valence-corrected chi connectivity index (χ1v) is 13.3. The Bertz CT molecular complexity index is 1300. The topological polar surface area (TPSA) is 131 Å². The molecule has 202 valence electrons. The van der Waals surface area contributed by atoms with E-state index in [1.165, 1.54) is 0 Å². The molecule has 3 saturated heterocycles. The lowest BCUT2D eigenvalue weighted by Gasteiger charge is -2.33. The quantitative estimate of drug-likeness (QED) is 0.429. The van der Waals surface area contributed by atoms with Crippen LogP contribution < -0.4 is 15.0 Å². The third kappa shape index (κ3) is 4.98. The van der Waals surface area contributed by atoms with Gasteiger partial charge in [0, 0.05) is 30.4 Å². The summed E-state index contributed by atoms with van der Waals surface area (Å²) in [5.41, 5.74) is 3.76. The van der Waals surface area contributed by atoms with Crippen LogP contribution in [0.2, 0.25) is 5.02 Å². The van der Waals surface area contributed by atoms with Crippen LogP contribution in [0.4, 0.5) is 10.5 Å². The molecule has 2 unspecified atom stereocenters. The molecule has 3 fully saturated rings. The molecule has 0 spiro atoms. The van der Waals surface area contributed by atoms with E-state index < -0.39 is 6.10 Å². The third-order valence-electron chi connectivity index (χ3n) is 7.25. The van der Waals surface area contributed by atoms with Gasteiger partial charge in [-0.25, -0.2) is 9.78 Å². The minimum absolute atomic E-state index is 0.127. The summed E-state index contributed by atoms with van der Waals surface area (Å²) in [5, 5.41) is 13.4. The van der Waals surface area contributed by atoms with Gasteiger partial charge in [-0.1, -0.05) is 23.7 Å². The first kappa shape index (κ1) is 25.2. The highest BCUT2D eigenvalue weighted by molar-refractivity contribution is 6.33. The summed E-state index contributed by atoms with van der Waals surface area (Å²) in [5.74, 6) is 0. The van der Waals surface area contributed by atoms with Gasteiger partial charge in [-0.2, -0.15) is 4.98 Å². The number of fused-ring (bicyclic) bond motifs is 2. The largest absolute Gasteiger partial charge is 0.456 e. The molecule has 0 aliphatic carbocycles. The molecular weight excluding hydrogens is 514 g/mol. The molecule has 11 nitrogen and oxygen atoms in total. The number of benzene rings is 1. The van der Waals surface area contributed by atoms with E-state index >= 15 is 0 Å². The molecule has 3 aromatic rings. The van der Waals surface area contributed by atoms with Crippen molar-refractivity contribution in [3.63, 3.8) is 0 Å². The van der Waals surface area contributed by atoms with Crippen molar-refractivity contribution in [1.29, 1.82) is 0 Å². The van der Waals surface area contributed by atoms with Crippen molar-refractivity contribution in [3.8, 4) is 17.3 Å². The Morgan fingerprint density at radius 2 is 1.95 bits per heavy atom. The number of aromatic amines is 1. The van der Waals surface area contributed by atoms with Gasteiger partial charge in [-0.05, 0) is 38.0 Å². The summed E-state index contributed by atoms with van der Waals surface area (Å²) in [7, 11) is 0. The number of amides is 1. The Labute approximate surface area is 224 Å². The lowest BCUT2D eigenvalue weighted by molar-refractivity contribution is 0.00706. The predicted molar refractivity (Wildman–Crippen MR) is 140 cm³/mol. The van der Waals surface area contributed by atoms with E-state index in [0.29, 0.717) is 41.1 Å². The monoisotopic (exact) mass is 543 g/mol. The molecule has 38 heavy (non-hydrogen) atoms. The number of aliphatic hydroxyl groups is 1. The molecule has 12 heteroatoms. The molecule has 2 aromatic heterocycles. The zero-order chi connectivity index (χ0) is 26.2. The van der Waals surface area contributed by atoms with Crippen LogP contribution in [0.5, 0.6) is 6.01 Å². The number of halogens is 1. The fourth-order valence-electron chi connectivity index (χ4n) is 5.29. The normalized spacial score (nSPS) is 25.5. The van der Waals surface area contributed by atoms with Crippen LogP contribution in [0.15, 0.2) is 30.3 Å². The van der Waals surface area contributed by atoms with E-state index in [0.717, 1.165) is 37.2 Å². The maximum Gasteiger partial charge on any atom is 0.407 e. The highest BCUT2D eigenvalue weighted by atomic mass is 35.5. The lowest BCUT2D eigenvalue weighted by Crippen LogP contribution is -2.44. The van der Waals surface area contributed by atoms with Crippen LogP contribution in [0.3, 0.4) is 0 Å². The molecule has 0 saturated carbocycles. The van der Waals surface area contributed by atoms with Crippen molar-refractivity contribution in [1.82, 2.24) is 20.3 Å². The molecule has 1 aromatic carbocycles. The number of ether oxygens (including phenoxy) is 4. The fraction of sp³-hybridized carbons (Fsp3) is 0.500. The highest BCUT2D eigenvalue weighted by Crippen LogP contribution is 2.33. The van der Waals surface area contributed by atoms with Crippen molar-refractivity contribution in [2.45, 2.75) is 50.2 Å². The number of alkyl carbamates (subject to hydrolysis) is 1. The number of aromatic nitrogens is 3. The first-order chi connectivity index (χ1) is 18.5. The average molecular weight is 544 g/mol. The third-order valence-corrected chi connectivity index (χ3v) is 7.54. The lowest BCUT2D eigenvalue weighted by atomic mass is 10.0. The van der Waals surface area contributed by atoms with E-state index in [2.05, 4.69) is 32.3 Å². The van der Waals surface area contributed by atoms with Crippen molar-refractivity contribution in [2.24, 2.45) is 0 Å². The molecule has 3 aliphatic rings. The van der Waals surface area contributed by atoms with Crippen LogP contribution in [-0.2, 0) is 14.2 Å². The number of hydrogen-bond acceptors (Lipinski definition) is 9. The minimum Gasteiger partial charge on any atom is -0.456 e. The Morgan fingerprint density at radius 1 is 1.18 bits per heavy atom. The van der Waals surface area contributed by atoms with Crippen LogP contribution in [0, 0.1) is 0 Å². The molecule has 3 aliphatic heterocycles. The number of nitrogens with one attached hydrogen (secondary N) is 2. The summed E-state index contributed by atoms with van der Waals surface area (Å²) in [4.78, 5) is 26.3. The van der Waals surface area contributed by atoms with Crippen LogP contribution in [-0.4, -0.2) is 89.5 Å². The fourth-order valence-corrected chi connectivity index (χ4v) is 5.55. The Kier molecular flexibility index (Phi) is 7.00. The number of hydrogen-bond donors (Lipinski definition) is 3. The SMILES string of the molecule is CCOC(=O)NC1CCN(c2ccc(-c3nc4nc(O[C@@H]5COC6C5OC[C@H]6O)[nH]c4cc3Cl)cc2)CC1. The summed E-state index contributed by atoms with van der Waals surface area (Å²) < 4.78 is 22.2. The van der Waals surface area contributed by atoms with Crippen molar-refractivity contribution in [2.75, 3.05) is 37.8 Å². The van der Waals surface area contributed by atoms with Gasteiger partial charge in [0.1, 0.15) is 18.3 Å². The molecule has 1 amide bonds. The van der Waals surface area contributed by atoms with Crippen molar-refractivity contribution in [3.05, 3.63) is 35.4 Å². The second-order valence-electron chi connectivity index (χ2n) is 9.72. The van der Waals surface area contributed by atoms with E-state index in [-0.39, 0.29) is 37.1 Å². The average Bonchev–Trinajstić information content (AvgIpc) is 3.61. The summed E-state index contributed by atoms with van der Waals surface area (Å²) in [6.07, 6.45) is -0.353. The second-order valence-corrected chi connectivity index (χ2v) is 10.1. The molecule has 0 bridgehead atoms. The van der Waals surface area contributed by atoms with E-state index in [1.54, 1.807) is 13.0 Å². The maximum atomic E-state index is 11.7. The number of carbonyl (C=O) groups is 1. The summed E-state index contributed by atoms with van der Waals surface area (Å²) in [6, 6.07) is 10.3. The van der Waals surface area contributed by atoms with E-state index in [4.69, 9.17) is 35.5 Å². The van der Waals surface area contributed by atoms with E-state index in [1.807, 2.05) is 12.1 Å². The molecule has 3 N–H and O–H groups in total. The first-order valence-electron chi connectivity index (χ1n) is 12.9. The number of rotatable bonds is 6. The number of anilines is 1. The second kappa shape index (κ2) is 10.6. The highest BCUT2D eigenvalue weighted by Gasteiger charge is 2.48. The zero-order valence-corrected chi connectivity index (χ0v) is 21.7. The number of nitrogens with zero attached hydrogens (tertiary/aromatic N) is 3. The summed E-state index contributed by atoms with van der Waals surface area (Å²) in [6.45, 7) is 4.40. The molecule has 0 radical (unpaired) electrons. The number of H-pyrrole nitrogens is 1. The Hall–Kier alpha value is -3.12. The number of piperidine rings is 1. The predicted octanol–water partition coefficient (Wildman–Crippen LogP) is 2.90. The Morgan fingerprint density at radius 3 is 2.71 bits per heavy atom. The number of imidazole rings is 1. The van der Waals surface area contributed by atoms with Gasteiger partial charge in [0.25, 0.3) is 6.01 Å². The number of pyridine rings is 1. The Balaban J connectivity index is 1.12. The van der Waals surface area contributed by atoms with Gasteiger partial charge in [0.2, 0.25) is 0 Å².